The molecule has 242 valence electrons. The highest BCUT2D eigenvalue weighted by Crippen LogP contribution is 2.28. The Morgan fingerprint density at radius 1 is 0.955 bits per heavy atom. The fourth-order valence-corrected chi connectivity index (χ4v) is 5.17. The minimum Gasteiger partial charge on any atom is -0.486 e. The van der Waals surface area contributed by atoms with Crippen molar-refractivity contribution in [1.29, 1.82) is 0 Å². The van der Waals surface area contributed by atoms with Gasteiger partial charge < -0.3 is 36.2 Å². The molecule has 3 atom stereocenters. The van der Waals surface area contributed by atoms with E-state index in [4.69, 9.17) is 4.74 Å². The van der Waals surface area contributed by atoms with E-state index in [0.717, 1.165) is 0 Å². The van der Waals surface area contributed by atoms with Crippen LogP contribution in [0.2, 0.25) is 0 Å². The van der Waals surface area contributed by atoms with E-state index >= 15 is 0 Å². The number of thioether (sulfide) groups is 1. The first kappa shape index (κ1) is 36.5. The van der Waals surface area contributed by atoms with Crippen LogP contribution in [0.15, 0.2) is 36.4 Å². The van der Waals surface area contributed by atoms with Crippen LogP contribution in [0.1, 0.15) is 70.4 Å². The molecule has 0 bridgehead atoms. The van der Waals surface area contributed by atoms with E-state index in [-0.39, 0.29) is 42.0 Å². The molecule has 0 saturated carbocycles. The van der Waals surface area contributed by atoms with Crippen LogP contribution in [0.5, 0.6) is 5.75 Å². The molecule has 0 aliphatic heterocycles. The highest BCUT2D eigenvalue weighted by atomic mass is 32.2. The van der Waals surface area contributed by atoms with Gasteiger partial charge in [0.25, 0.3) is 0 Å². The Hall–Kier alpha value is -3.68. The van der Waals surface area contributed by atoms with Crippen LogP contribution in [0.4, 0.5) is 10.1 Å². The number of hydrogen-bond donors (Lipinski definition) is 6. The van der Waals surface area contributed by atoms with Gasteiger partial charge >= 0.3 is 0 Å². The smallest absolute Gasteiger partial charge is 0.246 e. The highest BCUT2D eigenvalue weighted by molar-refractivity contribution is 8.01. The number of ether oxygens (including phenoxy) is 1. The summed E-state index contributed by atoms with van der Waals surface area (Å²) in [7, 11) is 0. The van der Waals surface area contributed by atoms with E-state index in [9.17, 15) is 33.8 Å². The molecular formula is C31H43FN4O7S. The maximum Gasteiger partial charge on any atom is 0.246 e. The summed E-state index contributed by atoms with van der Waals surface area (Å²) in [5.41, 5.74) is 1.11. The zero-order valence-electron chi connectivity index (χ0n) is 25.9. The molecular weight excluding hydrogens is 591 g/mol. The lowest BCUT2D eigenvalue weighted by Gasteiger charge is -2.19. The van der Waals surface area contributed by atoms with Gasteiger partial charge in [-0.1, -0.05) is 39.0 Å². The van der Waals surface area contributed by atoms with Crippen molar-refractivity contribution in [2.45, 2.75) is 89.9 Å². The monoisotopic (exact) mass is 634 g/mol. The topological polar surface area (TPSA) is 166 Å². The third-order valence-corrected chi connectivity index (χ3v) is 7.90. The number of carbonyl (C=O) groups is 4. The Morgan fingerprint density at radius 2 is 1.64 bits per heavy atom. The number of aliphatic hydroxyl groups excluding tert-OH is 1. The molecule has 0 radical (unpaired) electrons. The number of benzene rings is 2. The Bertz CT molecular complexity index is 1310. The Kier molecular flexibility index (Phi) is 14.6. The standard InChI is InChI=1S/C31H43FN4O7S/c1-7-24(44-17(2)3)30(40)33-14-13-25(37)34-19(5)28(38)35-20(6)29(39)36-22-10-8-9-21(15-22)16-43-23-12-11-18(4)26(27(23)32)31(41)42/h8-12,15,17,19-20,24,31,41-42H,7,13-14,16H2,1-6H3,(H,33,40)(H,34,37)(H,35,38)(H,36,39)/t19?,20-,24?/m0/s1. The van der Waals surface area contributed by atoms with Gasteiger partial charge in [0, 0.05) is 24.2 Å². The van der Waals surface area contributed by atoms with Gasteiger partial charge in [0.1, 0.15) is 18.7 Å². The SMILES string of the molecule is CCC(SC(C)C)C(=O)NCCC(=O)NC(C)C(=O)N[C@@H](C)C(=O)Nc1cccc(COc2ccc(C)c(C(O)O)c2F)c1. The molecule has 2 aromatic carbocycles. The van der Waals surface area contributed by atoms with Crippen LogP contribution in [-0.4, -0.2) is 63.0 Å². The number of aliphatic hydroxyl groups is 2. The van der Waals surface area contributed by atoms with Crippen molar-refractivity contribution in [3.05, 3.63) is 58.9 Å². The molecule has 44 heavy (non-hydrogen) atoms. The van der Waals surface area contributed by atoms with Crippen LogP contribution in [0.3, 0.4) is 0 Å². The second kappa shape index (κ2) is 17.6. The lowest BCUT2D eigenvalue weighted by Crippen LogP contribution is -2.50. The molecule has 0 saturated heterocycles. The summed E-state index contributed by atoms with van der Waals surface area (Å²) in [5.74, 6) is -2.62. The lowest BCUT2D eigenvalue weighted by atomic mass is 10.1. The Morgan fingerprint density at radius 3 is 2.27 bits per heavy atom. The number of anilines is 1. The van der Waals surface area contributed by atoms with Crippen LogP contribution < -0.4 is 26.0 Å². The minimum atomic E-state index is -1.98. The number of halogens is 1. The Labute approximate surface area is 261 Å². The van der Waals surface area contributed by atoms with Gasteiger partial charge in [0.05, 0.1) is 5.25 Å². The first-order valence-corrected chi connectivity index (χ1v) is 15.4. The third-order valence-electron chi connectivity index (χ3n) is 6.48. The van der Waals surface area contributed by atoms with Gasteiger partial charge in [-0.05, 0) is 61.8 Å². The summed E-state index contributed by atoms with van der Waals surface area (Å²) >= 11 is 1.56. The highest BCUT2D eigenvalue weighted by Gasteiger charge is 2.22. The Balaban J connectivity index is 1.83. The summed E-state index contributed by atoms with van der Waals surface area (Å²) in [5, 5.41) is 29.6. The number of carbonyl (C=O) groups excluding carboxylic acids is 4. The van der Waals surface area contributed by atoms with Crippen molar-refractivity contribution in [2.75, 3.05) is 11.9 Å². The summed E-state index contributed by atoms with van der Waals surface area (Å²) in [6, 6.07) is 7.68. The van der Waals surface area contributed by atoms with E-state index in [1.165, 1.54) is 26.0 Å². The van der Waals surface area contributed by atoms with E-state index in [0.29, 0.717) is 28.5 Å². The normalized spacial score (nSPS) is 13.2. The van der Waals surface area contributed by atoms with E-state index < -0.39 is 41.9 Å². The fraction of sp³-hybridized carbons (Fsp3) is 0.484. The van der Waals surface area contributed by atoms with Crippen molar-refractivity contribution in [3.63, 3.8) is 0 Å². The van der Waals surface area contributed by atoms with Crippen molar-refractivity contribution >= 4 is 41.1 Å². The molecule has 0 fully saturated rings. The minimum absolute atomic E-state index is 0.00331. The van der Waals surface area contributed by atoms with Gasteiger partial charge in [-0.2, -0.15) is 0 Å². The third kappa shape index (κ3) is 11.4. The van der Waals surface area contributed by atoms with Gasteiger partial charge in [-0.3, -0.25) is 19.2 Å². The van der Waals surface area contributed by atoms with E-state index in [2.05, 4.69) is 21.3 Å². The first-order chi connectivity index (χ1) is 20.7. The second-order valence-corrected chi connectivity index (χ2v) is 12.4. The summed E-state index contributed by atoms with van der Waals surface area (Å²) in [4.78, 5) is 49.9. The molecule has 6 N–H and O–H groups in total. The zero-order valence-corrected chi connectivity index (χ0v) is 26.7. The maximum absolute atomic E-state index is 14.6. The molecule has 2 rings (SSSR count). The molecule has 0 spiro atoms. The number of nitrogens with one attached hydrogen (secondary N) is 4. The molecule has 13 heteroatoms. The number of rotatable bonds is 16. The van der Waals surface area contributed by atoms with Gasteiger partial charge in [-0.25, -0.2) is 4.39 Å². The molecule has 2 aromatic rings. The van der Waals surface area contributed by atoms with Gasteiger partial charge in [-0.15, -0.1) is 11.8 Å². The first-order valence-electron chi connectivity index (χ1n) is 14.4. The molecule has 0 aromatic heterocycles. The summed E-state index contributed by atoms with van der Waals surface area (Å²) in [6.45, 7) is 10.6. The molecule has 11 nitrogen and oxygen atoms in total. The zero-order chi connectivity index (χ0) is 33.0. The van der Waals surface area contributed by atoms with Gasteiger partial charge in [0.15, 0.2) is 17.9 Å². The van der Waals surface area contributed by atoms with E-state index in [1.807, 2.05) is 20.8 Å². The van der Waals surface area contributed by atoms with E-state index in [1.54, 1.807) is 43.0 Å². The molecule has 0 heterocycles. The van der Waals surface area contributed by atoms with Crippen LogP contribution >= 0.6 is 11.8 Å². The molecule has 2 unspecified atom stereocenters. The van der Waals surface area contributed by atoms with Crippen LogP contribution in [0, 0.1) is 12.7 Å². The van der Waals surface area contributed by atoms with Gasteiger partial charge in [0.2, 0.25) is 23.6 Å². The van der Waals surface area contributed by atoms with Crippen molar-refractivity contribution in [3.8, 4) is 5.75 Å². The lowest BCUT2D eigenvalue weighted by molar-refractivity contribution is -0.130. The molecule has 0 aliphatic carbocycles. The second-order valence-electron chi connectivity index (χ2n) is 10.6. The summed E-state index contributed by atoms with van der Waals surface area (Å²) < 4.78 is 20.2. The van der Waals surface area contributed by atoms with Crippen molar-refractivity contribution in [1.82, 2.24) is 16.0 Å². The van der Waals surface area contributed by atoms with Crippen molar-refractivity contribution in [2.24, 2.45) is 0 Å². The predicted molar refractivity (Wildman–Crippen MR) is 167 cm³/mol. The summed E-state index contributed by atoms with van der Waals surface area (Å²) in [6.07, 6.45) is -1.30. The average Bonchev–Trinajstić information content (AvgIpc) is 2.95. The largest absolute Gasteiger partial charge is 0.486 e. The van der Waals surface area contributed by atoms with Crippen LogP contribution in [-0.2, 0) is 25.8 Å². The number of aryl methyl sites for hydroxylation is 1. The maximum atomic E-state index is 14.6. The average molecular weight is 635 g/mol. The van der Waals surface area contributed by atoms with Crippen molar-refractivity contribution < 1.29 is 38.5 Å². The number of amides is 4. The molecule has 4 amide bonds. The fourth-order valence-electron chi connectivity index (χ4n) is 4.12. The quantitative estimate of drug-likeness (QED) is 0.153. The molecule has 0 aliphatic rings. The predicted octanol–water partition coefficient (Wildman–Crippen LogP) is 3.07. The van der Waals surface area contributed by atoms with Crippen LogP contribution in [0.25, 0.3) is 0 Å². The number of hydrogen-bond acceptors (Lipinski definition) is 8.